The highest BCUT2D eigenvalue weighted by molar-refractivity contribution is 5.92. The van der Waals surface area contributed by atoms with Crippen molar-refractivity contribution in [3.63, 3.8) is 0 Å². The average Bonchev–Trinajstić information content (AvgIpc) is 2.91. The lowest BCUT2D eigenvalue weighted by atomic mass is 10.1. The highest BCUT2D eigenvalue weighted by Crippen LogP contribution is 2.26. The Morgan fingerprint density at radius 2 is 1.81 bits per heavy atom. The molecule has 2 aromatic carbocycles. The van der Waals surface area contributed by atoms with Crippen molar-refractivity contribution in [2.75, 3.05) is 31.1 Å². The van der Waals surface area contributed by atoms with Crippen LogP contribution in [0.1, 0.15) is 10.4 Å². The van der Waals surface area contributed by atoms with E-state index in [4.69, 9.17) is 0 Å². The number of aromatic nitrogens is 2. The minimum Gasteiger partial charge on any atom is -0.392 e. The standard InChI is InChI=1S/C19H17F2N3O.C7H5NO3/c20-13-1-3-14(4-2-13)24-8-5-19(25)15-11-16(21)18(12-17(15)24)23-9-6-22-7-10-23;9-5-11-7(10)6-2-1-3-8-4-6/h1-5,8,11-12,22H,6-7,9-10H2;1-5H. The molecule has 0 amide bonds. The molecule has 0 aliphatic carbocycles. The molecule has 184 valence electrons. The summed E-state index contributed by atoms with van der Waals surface area (Å²) in [5.74, 6) is -1.42. The molecule has 8 nitrogen and oxygen atoms in total. The van der Waals surface area contributed by atoms with Gasteiger partial charge in [-0.3, -0.25) is 14.6 Å². The molecule has 1 N–H and O–H groups in total. The minimum atomic E-state index is -0.687. The van der Waals surface area contributed by atoms with Crippen LogP contribution in [0.15, 0.2) is 78.0 Å². The molecule has 1 fully saturated rings. The maximum atomic E-state index is 14.6. The molecular weight excluding hydrogens is 470 g/mol. The van der Waals surface area contributed by atoms with Crippen LogP contribution in [0.4, 0.5) is 14.5 Å². The molecule has 5 rings (SSSR count). The first kappa shape index (κ1) is 24.7. The van der Waals surface area contributed by atoms with E-state index >= 15 is 0 Å². The molecule has 0 atom stereocenters. The van der Waals surface area contributed by atoms with Gasteiger partial charge in [0, 0.05) is 61.9 Å². The summed E-state index contributed by atoms with van der Waals surface area (Å²) in [6.07, 6.45) is 4.49. The van der Waals surface area contributed by atoms with E-state index in [1.807, 2.05) is 4.90 Å². The fourth-order valence-corrected chi connectivity index (χ4v) is 3.83. The van der Waals surface area contributed by atoms with E-state index in [1.54, 1.807) is 35.0 Å². The lowest BCUT2D eigenvalue weighted by molar-refractivity contribution is -0.123. The summed E-state index contributed by atoms with van der Waals surface area (Å²) in [7, 11) is 0. The van der Waals surface area contributed by atoms with Gasteiger partial charge in [0.05, 0.1) is 16.8 Å². The number of esters is 1. The maximum Gasteiger partial charge on any atom is 0.347 e. The van der Waals surface area contributed by atoms with Gasteiger partial charge in [-0.2, -0.15) is 0 Å². The Morgan fingerprint density at radius 1 is 1.06 bits per heavy atom. The van der Waals surface area contributed by atoms with Crippen molar-refractivity contribution >= 4 is 29.0 Å². The number of halogens is 2. The molecule has 1 aliphatic heterocycles. The van der Waals surface area contributed by atoms with Gasteiger partial charge in [-0.25, -0.2) is 13.6 Å². The average molecular weight is 492 g/mol. The Morgan fingerprint density at radius 3 is 2.47 bits per heavy atom. The van der Waals surface area contributed by atoms with Crippen molar-refractivity contribution in [1.29, 1.82) is 0 Å². The van der Waals surface area contributed by atoms with Crippen LogP contribution < -0.4 is 15.6 Å². The number of benzene rings is 2. The first-order valence-corrected chi connectivity index (χ1v) is 11.1. The Bertz CT molecular complexity index is 1420. The molecule has 36 heavy (non-hydrogen) atoms. The van der Waals surface area contributed by atoms with Crippen LogP contribution in [0.2, 0.25) is 0 Å². The smallest absolute Gasteiger partial charge is 0.347 e. The van der Waals surface area contributed by atoms with E-state index in [-0.39, 0.29) is 23.3 Å². The Labute approximate surface area is 204 Å². The SMILES string of the molecule is O=COC(=O)c1cccnc1.O=c1ccn(-c2ccc(F)cc2)c2cc(N3CCNCC3)c(F)cc12. The molecule has 0 saturated carbocycles. The largest absolute Gasteiger partial charge is 0.392 e. The molecule has 1 saturated heterocycles. The normalized spacial score (nSPS) is 13.0. The van der Waals surface area contributed by atoms with Crippen molar-refractivity contribution < 1.29 is 23.1 Å². The van der Waals surface area contributed by atoms with Gasteiger partial charge in [0.25, 0.3) is 0 Å². The number of carbonyl (C=O) groups excluding carboxylic acids is 2. The third-order valence-corrected chi connectivity index (χ3v) is 5.58. The second-order valence-electron chi connectivity index (χ2n) is 7.83. The highest BCUT2D eigenvalue weighted by Gasteiger charge is 2.17. The van der Waals surface area contributed by atoms with E-state index in [0.29, 0.717) is 35.4 Å². The summed E-state index contributed by atoms with van der Waals surface area (Å²) >= 11 is 0. The Hall–Kier alpha value is -4.44. The van der Waals surface area contributed by atoms with Gasteiger partial charge in [0.15, 0.2) is 5.43 Å². The molecule has 2 aromatic heterocycles. The highest BCUT2D eigenvalue weighted by atomic mass is 19.1. The number of carbonyl (C=O) groups is 2. The van der Waals surface area contributed by atoms with Crippen molar-refractivity contribution in [3.8, 4) is 5.69 Å². The molecule has 4 aromatic rings. The first-order valence-electron chi connectivity index (χ1n) is 11.1. The van der Waals surface area contributed by atoms with Crippen LogP contribution in [0.25, 0.3) is 16.6 Å². The molecule has 3 heterocycles. The maximum absolute atomic E-state index is 14.6. The molecule has 0 unspecified atom stereocenters. The van der Waals surface area contributed by atoms with Crippen molar-refractivity contribution in [1.82, 2.24) is 14.9 Å². The number of rotatable bonds is 4. The third kappa shape index (κ3) is 5.61. The number of anilines is 1. The van der Waals surface area contributed by atoms with Crippen molar-refractivity contribution in [2.24, 2.45) is 0 Å². The summed E-state index contributed by atoms with van der Waals surface area (Å²) in [4.78, 5) is 38.3. The lowest BCUT2D eigenvalue weighted by Crippen LogP contribution is -2.43. The van der Waals surface area contributed by atoms with Crippen LogP contribution in [0.3, 0.4) is 0 Å². The number of nitrogens with zero attached hydrogens (tertiary/aromatic N) is 3. The molecule has 0 radical (unpaired) electrons. The first-order chi connectivity index (χ1) is 17.5. The van der Waals surface area contributed by atoms with Crippen LogP contribution >= 0.6 is 0 Å². The molecule has 0 bridgehead atoms. The zero-order valence-electron chi connectivity index (χ0n) is 19.1. The van der Waals surface area contributed by atoms with Gasteiger partial charge in [0.1, 0.15) is 11.6 Å². The number of fused-ring (bicyclic) bond motifs is 1. The summed E-state index contributed by atoms with van der Waals surface area (Å²) in [6, 6.07) is 13.5. The minimum absolute atomic E-state index is 0.0926. The van der Waals surface area contributed by atoms with E-state index < -0.39 is 11.8 Å². The number of hydrogen-bond acceptors (Lipinski definition) is 7. The topological polar surface area (TPSA) is 93.5 Å². The van der Waals surface area contributed by atoms with E-state index in [0.717, 1.165) is 13.1 Å². The van der Waals surface area contributed by atoms with Crippen molar-refractivity contribution in [3.05, 3.63) is 101 Å². The predicted molar refractivity (Wildman–Crippen MR) is 130 cm³/mol. The van der Waals surface area contributed by atoms with Crippen LogP contribution in [0.5, 0.6) is 0 Å². The van der Waals surface area contributed by atoms with E-state index in [1.165, 1.54) is 42.7 Å². The molecular formula is C26H22F2N4O4. The monoisotopic (exact) mass is 492 g/mol. The van der Waals surface area contributed by atoms with Gasteiger partial charge in [0.2, 0.25) is 0 Å². The summed E-state index contributed by atoms with van der Waals surface area (Å²) in [5, 5.41) is 3.55. The van der Waals surface area contributed by atoms with Gasteiger partial charge in [-0.05, 0) is 48.5 Å². The fraction of sp³-hybridized carbons (Fsp3) is 0.154. The Kier molecular flexibility index (Phi) is 7.76. The zero-order chi connectivity index (χ0) is 25.5. The van der Waals surface area contributed by atoms with Gasteiger partial charge < -0.3 is 19.5 Å². The summed E-state index contributed by atoms with van der Waals surface area (Å²) in [6.45, 7) is 3.08. The van der Waals surface area contributed by atoms with Crippen LogP contribution in [0, 0.1) is 11.6 Å². The number of ether oxygens (including phenoxy) is 1. The quantitative estimate of drug-likeness (QED) is 0.266. The third-order valence-electron chi connectivity index (χ3n) is 5.58. The van der Waals surface area contributed by atoms with Crippen molar-refractivity contribution in [2.45, 2.75) is 0 Å². The molecule has 1 aliphatic rings. The number of nitrogens with one attached hydrogen (secondary N) is 1. The summed E-state index contributed by atoms with van der Waals surface area (Å²) in [5.41, 5.74) is 1.83. The van der Waals surface area contributed by atoms with Gasteiger partial charge >= 0.3 is 12.4 Å². The lowest BCUT2D eigenvalue weighted by Gasteiger charge is -2.30. The second kappa shape index (κ2) is 11.3. The molecule has 0 spiro atoms. The van der Waals surface area contributed by atoms with Gasteiger partial charge in [-0.15, -0.1) is 0 Å². The zero-order valence-corrected chi connectivity index (χ0v) is 19.1. The predicted octanol–water partition coefficient (Wildman–Crippen LogP) is 3.07. The van der Waals surface area contributed by atoms with Crippen LogP contribution in [-0.4, -0.2) is 48.2 Å². The fourth-order valence-electron chi connectivity index (χ4n) is 3.83. The van der Waals surface area contributed by atoms with E-state index in [9.17, 15) is 23.2 Å². The van der Waals surface area contributed by atoms with Gasteiger partial charge in [-0.1, -0.05) is 0 Å². The van der Waals surface area contributed by atoms with E-state index in [2.05, 4.69) is 15.0 Å². The molecule has 10 heteroatoms. The number of piperazine rings is 1. The Balaban J connectivity index is 0.000000233. The summed E-state index contributed by atoms with van der Waals surface area (Å²) < 4.78 is 33.7. The van der Waals surface area contributed by atoms with Crippen LogP contribution in [-0.2, 0) is 9.53 Å². The number of pyridine rings is 2. The number of hydrogen-bond donors (Lipinski definition) is 1. The second-order valence-corrected chi connectivity index (χ2v) is 7.83.